The molecule has 0 aliphatic heterocycles. The van der Waals surface area contributed by atoms with E-state index < -0.39 is 0 Å². The maximum Gasteiger partial charge on any atom is 0.130 e. The molecule has 3 heteroatoms. The molecule has 0 aromatic heterocycles. The zero-order valence-corrected chi connectivity index (χ0v) is 6.45. The van der Waals surface area contributed by atoms with Crippen molar-refractivity contribution in [3.63, 3.8) is 0 Å². The van der Waals surface area contributed by atoms with E-state index in [0.717, 1.165) is 0 Å². The molecule has 0 aliphatic rings. The molecule has 0 rings (SSSR count). The van der Waals surface area contributed by atoms with Crippen LogP contribution in [0.3, 0.4) is 0 Å². The molecule has 0 saturated heterocycles. The highest BCUT2D eigenvalue weighted by Crippen LogP contribution is 1.89. The normalized spacial score (nSPS) is 13.5. The van der Waals surface area contributed by atoms with Gasteiger partial charge < -0.3 is 5.73 Å². The van der Waals surface area contributed by atoms with Crippen LogP contribution in [0.4, 0.5) is 0 Å². The van der Waals surface area contributed by atoms with Gasteiger partial charge in [0.2, 0.25) is 0 Å². The SMILES string of the molecule is C=C/C=C\N(C)OC(C)N. The van der Waals surface area contributed by atoms with Gasteiger partial charge in [0.25, 0.3) is 0 Å². The van der Waals surface area contributed by atoms with Crippen molar-refractivity contribution in [1.82, 2.24) is 5.06 Å². The second kappa shape index (κ2) is 5.02. The van der Waals surface area contributed by atoms with Crippen molar-refractivity contribution < 1.29 is 4.84 Å². The van der Waals surface area contributed by atoms with Crippen molar-refractivity contribution in [1.29, 1.82) is 0 Å². The topological polar surface area (TPSA) is 38.5 Å². The fraction of sp³-hybridized carbons (Fsp3) is 0.429. The highest BCUT2D eigenvalue weighted by Gasteiger charge is 1.93. The van der Waals surface area contributed by atoms with Gasteiger partial charge in [0.05, 0.1) is 0 Å². The average molecular weight is 142 g/mol. The standard InChI is InChI=1S/C7H14N2O/c1-4-5-6-9(3)10-7(2)8/h4-7H,1,8H2,2-3H3/b6-5-. The lowest BCUT2D eigenvalue weighted by molar-refractivity contribution is -0.138. The van der Waals surface area contributed by atoms with Crippen LogP contribution >= 0.6 is 0 Å². The van der Waals surface area contributed by atoms with Crippen molar-refractivity contribution in [2.45, 2.75) is 13.2 Å². The summed E-state index contributed by atoms with van der Waals surface area (Å²) in [6, 6.07) is 0. The smallest absolute Gasteiger partial charge is 0.130 e. The molecule has 0 heterocycles. The Morgan fingerprint density at radius 2 is 2.30 bits per heavy atom. The predicted molar refractivity (Wildman–Crippen MR) is 41.8 cm³/mol. The summed E-state index contributed by atoms with van der Waals surface area (Å²) >= 11 is 0. The van der Waals surface area contributed by atoms with Crippen molar-refractivity contribution in [3.05, 3.63) is 24.9 Å². The lowest BCUT2D eigenvalue weighted by Gasteiger charge is -2.15. The zero-order chi connectivity index (χ0) is 7.98. The molecule has 58 valence electrons. The fourth-order valence-corrected chi connectivity index (χ4v) is 0.479. The Bertz CT molecular complexity index is 121. The first-order valence-corrected chi connectivity index (χ1v) is 3.11. The van der Waals surface area contributed by atoms with Gasteiger partial charge in [-0.25, -0.2) is 0 Å². The van der Waals surface area contributed by atoms with Gasteiger partial charge in [-0.05, 0) is 13.0 Å². The molecule has 1 unspecified atom stereocenters. The Morgan fingerprint density at radius 3 is 2.70 bits per heavy atom. The number of allylic oxidation sites excluding steroid dienone is 2. The van der Waals surface area contributed by atoms with Gasteiger partial charge >= 0.3 is 0 Å². The van der Waals surface area contributed by atoms with E-state index in [0.29, 0.717) is 0 Å². The first kappa shape index (κ1) is 9.20. The summed E-state index contributed by atoms with van der Waals surface area (Å²) in [5, 5.41) is 1.53. The van der Waals surface area contributed by atoms with Crippen molar-refractivity contribution in [2.75, 3.05) is 7.05 Å². The van der Waals surface area contributed by atoms with Gasteiger partial charge in [-0.3, -0.25) is 9.90 Å². The number of nitrogens with two attached hydrogens (primary N) is 1. The molecular weight excluding hydrogens is 128 g/mol. The van der Waals surface area contributed by atoms with Crippen LogP contribution < -0.4 is 5.73 Å². The van der Waals surface area contributed by atoms with Crippen LogP contribution in [0, 0.1) is 0 Å². The number of hydrogen-bond donors (Lipinski definition) is 1. The van der Waals surface area contributed by atoms with Crippen molar-refractivity contribution in [2.24, 2.45) is 5.73 Å². The number of nitrogens with zero attached hydrogens (tertiary/aromatic N) is 1. The van der Waals surface area contributed by atoms with E-state index in [1.54, 1.807) is 32.3 Å². The Morgan fingerprint density at radius 1 is 1.70 bits per heavy atom. The van der Waals surface area contributed by atoms with Crippen molar-refractivity contribution in [3.8, 4) is 0 Å². The quantitative estimate of drug-likeness (QED) is 0.359. The Kier molecular flexibility index (Phi) is 4.62. The summed E-state index contributed by atoms with van der Waals surface area (Å²) in [7, 11) is 1.77. The zero-order valence-electron chi connectivity index (χ0n) is 6.45. The summed E-state index contributed by atoms with van der Waals surface area (Å²) in [5.74, 6) is 0. The molecule has 0 aromatic rings. The predicted octanol–water partition coefficient (Wildman–Crippen LogP) is 0.854. The Balaban J connectivity index is 3.52. The second-order valence-corrected chi connectivity index (χ2v) is 1.93. The molecule has 2 N–H and O–H groups in total. The molecule has 0 aromatic carbocycles. The molecule has 0 bridgehead atoms. The van der Waals surface area contributed by atoms with Gasteiger partial charge in [-0.2, -0.15) is 0 Å². The van der Waals surface area contributed by atoms with E-state index in [4.69, 9.17) is 10.6 Å². The minimum absolute atomic E-state index is 0.278. The minimum atomic E-state index is -0.278. The summed E-state index contributed by atoms with van der Waals surface area (Å²) in [6.45, 7) is 5.27. The highest BCUT2D eigenvalue weighted by molar-refractivity contribution is 4.94. The summed E-state index contributed by atoms with van der Waals surface area (Å²) in [6.07, 6.45) is 4.89. The molecule has 3 nitrogen and oxygen atoms in total. The molecular formula is C7H14N2O. The summed E-state index contributed by atoms with van der Waals surface area (Å²) < 4.78 is 0. The average Bonchev–Trinajstić information content (AvgIpc) is 1.82. The minimum Gasteiger partial charge on any atom is -0.304 e. The Hall–Kier alpha value is -0.800. The van der Waals surface area contributed by atoms with E-state index in [1.807, 2.05) is 0 Å². The van der Waals surface area contributed by atoms with E-state index in [9.17, 15) is 0 Å². The third-order valence-electron chi connectivity index (χ3n) is 0.765. The van der Waals surface area contributed by atoms with E-state index in [1.165, 1.54) is 5.06 Å². The first-order valence-electron chi connectivity index (χ1n) is 3.11. The third kappa shape index (κ3) is 5.34. The molecule has 0 amide bonds. The first-order chi connectivity index (χ1) is 4.66. The molecule has 0 saturated carbocycles. The number of hydrogen-bond acceptors (Lipinski definition) is 3. The number of rotatable bonds is 4. The lowest BCUT2D eigenvalue weighted by atomic mass is 10.6. The van der Waals surface area contributed by atoms with Crippen LogP contribution in [0.2, 0.25) is 0 Å². The molecule has 1 atom stereocenters. The van der Waals surface area contributed by atoms with E-state index in [2.05, 4.69) is 6.58 Å². The summed E-state index contributed by atoms with van der Waals surface area (Å²) in [4.78, 5) is 5.03. The van der Waals surface area contributed by atoms with Crippen LogP contribution in [0.15, 0.2) is 24.9 Å². The molecule has 0 spiro atoms. The van der Waals surface area contributed by atoms with Crippen LogP contribution in [0.1, 0.15) is 6.92 Å². The van der Waals surface area contributed by atoms with E-state index >= 15 is 0 Å². The third-order valence-corrected chi connectivity index (χ3v) is 0.765. The second-order valence-electron chi connectivity index (χ2n) is 1.93. The molecule has 0 aliphatic carbocycles. The van der Waals surface area contributed by atoms with Crippen LogP contribution in [0.25, 0.3) is 0 Å². The number of hydroxylamine groups is 2. The molecule has 10 heavy (non-hydrogen) atoms. The Labute approximate surface area is 61.7 Å². The van der Waals surface area contributed by atoms with Crippen LogP contribution in [-0.2, 0) is 4.84 Å². The fourth-order valence-electron chi connectivity index (χ4n) is 0.479. The van der Waals surface area contributed by atoms with Crippen molar-refractivity contribution >= 4 is 0 Å². The van der Waals surface area contributed by atoms with Gasteiger partial charge in [-0.1, -0.05) is 12.7 Å². The van der Waals surface area contributed by atoms with Gasteiger partial charge in [-0.15, -0.1) is 0 Å². The van der Waals surface area contributed by atoms with Gasteiger partial charge in [0.15, 0.2) is 0 Å². The van der Waals surface area contributed by atoms with Crippen LogP contribution in [0.5, 0.6) is 0 Å². The maximum absolute atomic E-state index is 5.34. The monoisotopic (exact) mass is 142 g/mol. The maximum atomic E-state index is 5.34. The van der Waals surface area contributed by atoms with E-state index in [-0.39, 0.29) is 6.23 Å². The highest BCUT2D eigenvalue weighted by atomic mass is 16.7. The lowest BCUT2D eigenvalue weighted by Crippen LogP contribution is -2.26. The van der Waals surface area contributed by atoms with Gasteiger partial charge in [0.1, 0.15) is 6.23 Å². The van der Waals surface area contributed by atoms with Crippen LogP contribution in [-0.4, -0.2) is 18.3 Å². The largest absolute Gasteiger partial charge is 0.304 e. The van der Waals surface area contributed by atoms with Gasteiger partial charge in [0, 0.05) is 13.2 Å². The molecule has 0 radical (unpaired) electrons. The summed E-state index contributed by atoms with van der Waals surface area (Å²) in [5.41, 5.74) is 5.34. The molecule has 0 fully saturated rings.